The summed E-state index contributed by atoms with van der Waals surface area (Å²) in [6, 6.07) is 0.407. The van der Waals surface area contributed by atoms with Crippen LogP contribution >= 0.6 is 0 Å². The number of hydrogen-bond acceptors (Lipinski definition) is 1. The average molecular weight is 114 g/mol. The van der Waals surface area contributed by atoms with Gasteiger partial charge in [-0.3, -0.25) is 0 Å². The molecular weight excluding hydrogens is 104 g/mol. The predicted octanol–water partition coefficient (Wildman–Crippen LogP) is -3.10. The van der Waals surface area contributed by atoms with Gasteiger partial charge in [0.2, 0.25) is 0 Å². The lowest BCUT2D eigenvalue weighted by molar-refractivity contribution is -0.808. The van der Waals surface area contributed by atoms with Crippen LogP contribution in [0.2, 0.25) is 0 Å². The minimum absolute atomic E-state index is 0.407. The first-order valence-corrected chi connectivity index (χ1v) is 3.12. The second-order valence-electron chi connectivity index (χ2n) is 2.54. The number of urea groups is 1. The number of carbonyl (C=O) groups is 1. The molecule has 0 aromatic heterocycles. The summed E-state index contributed by atoms with van der Waals surface area (Å²) in [5, 5.41) is 0. The van der Waals surface area contributed by atoms with Gasteiger partial charge in [0.1, 0.15) is 26.2 Å². The van der Waals surface area contributed by atoms with E-state index in [1.165, 1.54) is 9.80 Å². The molecule has 0 radical (unpaired) electrons. The van der Waals surface area contributed by atoms with Gasteiger partial charge in [0, 0.05) is 0 Å². The maximum atomic E-state index is 10.9. The van der Waals surface area contributed by atoms with Crippen molar-refractivity contribution in [1.82, 2.24) is 0 Å². The van der Waals surface area contributed by atoms with Crippen molar-refractivity contribution in [2.24, 2.45) is 0 Å². The van der Waals surface area contributed by atoms with Crippen LogP contribution in [0, 0.1) is 0 Å². The summed E-state index contributed by atoms with van der Waals surface area (Å²) < 4.78 is 0. The number of carbonyl (C=O) groups excluding carboxylic acids is 1. The van der Waals surface area contributed by atoms with Crippen LogP contribution in [0.25, 0.3) is 0 Å². The van der Waals surface area contributed by atoms with Gasteiger partial charge in [-0.2, -0.15) is 4.79 Å². The molecule has 3 heteroatoms. The molecule has 0 aromatic carbocycles. The van der Waals surface area contributed by atoms with Crippen LogP contribution in [0.3, 0.4) is 0 Å². The summed E-state index contributed by atoms with van der Waals surface area (Å²) in [4.78, 5) is 13.2. The summed E-state index contributed by atoms with van der Waals surface area (Å²) in [5.41, 5.74) is 0. The maximum absolute atomic E-state index is 10.9. The van der Waals surface area contributed by atoms with Gasteiger partial charge in [-0.25, -0.2) is 9.80 Å². The molecular formula is C5H10N2O+2. The fraction of sp³-hybridized carbons (Fsp3) is 0.800. The molecule has 3 nitrogen and oxygen atoms in total. The summed E-state index contributed by atoms with van der Waals surface area (Å²) >= 11 is 0. The zero-order valence-corrected chi connectivity index (χ0v) is 4.74. The smallest absolute Gasteiger partial charge is 0.208 e. The van der Waals surface area contributed by atoms with Crippen LogP contribution in [0.15, 0.2) is 0 Å². The highest BCUT2D eigenvalue weighted by atomic mass is 16.2. The number of rotatable bonds is 0. The van der Waals surface area contributed by atoms with Crippen LogP contribution in [0.1, 0.15) is 0 Å². The number of amides is 2. The first-order valence-electron chi connectivity index (χ1n) is 3.12. The van der Waals surface area contributed by atoms with Crippen LogP contribution in [0.4, 0.5) is 4.79 Å². The Morgan fingerprint density at radius 3 is 1.62 bits per heavy atom. The molecule has 2 fully saturated rings. The van der Waals surface area contributed by atoms with Gasteiger partial charge in [-0.05, 0) is 0 Å². The van der Waals surface area contributed by atoms with Crippen molar-refractivity contribution in [1.29, 1.82) is 0 Å². The van der Waals surface area contributed by atoms with Crippen LogP contribution in [-0.2, 0) is 0 Å². The molecule has 0 aromatic rings. The van der Waals surface area contributed by atoms with E-state index in [2.05, 4.69) is 0 Å². The maximum Gasteiger partial charge on any atom is 0.511 e. The molecule has 2 saturated heterocycles. The molecule has 0 unspecified atom stereocenters. The number of quaternary nitrogens is 2. The first-order chi connectivity index (χ1) is 3.88. The van der Waals surface area contributed by atoms with Gasteiger partial charge in [-0.15, -0.1) is 0 Å². The van der Waals surface area contributed by atoms with Gasteiger partial charge in [0.05, 0.1) is 0 Å². The highest BCUT2D eigenvalue weighted by Crippen LogP contribution is 1.67. The molecule has 0 aliphatic carbocycles. The average Bonchev–Trinajstić information content (AvgIpc) is 2.63. The predicted molar refractivity (Wildman–Crippen MR) is 26.8 cm³/mol. The van der Waals surface area contributed by atoms with Crippen molar-refractivity contribution in [2.45, 2.75) is 0 Å². The van der Waals surface area contributed by atoms with E-state index in [9.17, 15) is 4.79 Å². The topological polar surface area (TPSA) is 26.0 Å². The van der Waals surface area contributed by atoms with E-state index >= 15 is 0 Å². The van der Waals surface area contributed by atoms with Crippen molar-refractivity contribution in [3.63, 3.8) is 0 Å². The lowest BCUT2D eigenvalue weighted by Crippen LogP contribution is -3.18. The fourth-order valence-electron chi connectivity index (χ4n) is 0.829. The standard InChI is InChI=1S/C5H8N2O/c8-5(6-1-2-6)7-3-4-7/h1-4H2/p+2. The third-order valence-corrected chi connectivity index (χ3v) is 1.64. The summed E-state index contributed by atoms with van der Waals surface area (Å²) in [6.07, 6.45) is 0. The Labute approximate surface area is 47.9 Å². The summed E-state index contributed by atoms with van der Waals surface area (Å²) in [5.74, 6) is 0. The molecule has 2 heterocycles. The van der Waals surface area contributed by atoms with E-state index in [0.717, 1.165) is 26.2 Å². The molecule has 0 atom stereocenters. The third kappa shape index (κ3) is 0.638. The van der Waals surface area contributed by atoms with E-state index in [1.54, 1.807) is 0 Å². The van der Waals surface area contributed by atoms with E-state index in [0.29, 0.717) is 6.03 Å². The van der Waals surface area contributed by atoms with Gasteiger partial charge in [0.25, 0.3) is 0 Å². The molecule has 0 spiro atoms. The Hall–Kier alpha value is -0.410. The second-order valence-corrected chi connectivity index (χ2v) is 2.54. The molecule has 0 saturated carbocycles. The SMILES string of the molecule is O=C([NH+]1CC1)[NH+]1CC1. The van der Waals surface area contributed by atoms with E-state index in [4.69, 9.17) is 0 Å². The van der Waals surface area contributed by atoms with Gasteiger partial charge in [0.15, 0.2) is 0 Å². The molecule has 2 rings (SSSR count). The third-order valence-electron chi connectivity index (χ3n) is 1.64. The lowest BCUT2D eigenvalue weighted by Gasteiger charge is -1.85. The highest BCUT2D eigenvalue weighted by molar-refractivity contribution is 5.56. The van der Waals surface area contributed by atoms with Crippen LogP contribution < -0.4 is 9.80 Å². The quantitative estimate of drug-likeness (QED) is 0.321. The molecule has 2 amide bonds. The van der Waals surface area contributed by atoms with Gasteiger partial charge >= 0.3 is 6.03 Å². The Balaban J connectivity index is 1.93. The van der Waals surface area contributed by atoms with Crippen molar-refractivity contribution in [3.05, 3.63) is 0 Å². The van der Waals surface area contributed by atoms with E-state index in [1.807, 2.05) is 0 Å². The summed E-state index contributed by atoms with van der Waals surface area (Å²) in [6.45, 7) is 4.34. The lowest BCUT2D eigenvalue weighted by atomic mass is 11.0. The largest absolute Gasteiger partial charge is 0.511 e. The normalized spacial score (nSPS) is 28.0. The minimum Gasteiger partial charge on any atom is -0.208 e. The van der Waals surface area contributed by atoms with Crippen molar-refractivity contribution in [2.75, 3.05) is 26.2 Å². The van der Waals surface area contributed by atoms with Crippen molar-refractivity contribution >= 4 is 6.03 Å². The second kappa shape index (κ2) is 1.30. The molecule has 2 aliphatic rings. The van der Waals surface area contributed by atoms with Crippen LogP contribution in [-0.4, -0.2) is 32.2 Å². The molecule has 0 bridgehead atoms. The van der Waals surface area contributed by atoms with E-state index in [-0.39, 0.29) is 0 Å². The summed E-state index contributed by atoms with van der Waals surface area (Å²) in [7, 11) is 0. The Morgan fingerprint density at radius 2 is 1.38 bits per heavy atom. The molecule has 2 aliphatic heterocycles. The highest BCUT2D eigenvalue weighted by Gasteiger charge is 2.46. The zero-order valence-electron chi connectivity index (χ0n) is 4.74. The molecule has 44 valence electrons. The number of hydrogen-bond donors (Lipinski definition) is 2. The van der Waals surface area contributed by atoms with Crippen LogP contribution in [0.5, 0.6) is 0 Å². The Kier molecular flexibility index (Phi) is 0.725. The molecule has 2 N–H and O–H groups in total. The Bertz CT molecular complexity index is 112. The molecule has 8 heavy (non-hydrogen) atoms. The Morgan fingerprint density at radius 1 is 1.00 bits per heavy atom. The van der Waals surface area contributed by atoms with Crippen molar-refractivity contribution in [3.8, 4) is 0 Å². The zero-order chi connectivity index (χ0) is 5.56. The van der Waals surface area contributed by atoms with Crippen molar-refractivity contribution < 1.29 is 14.6 Å². The minimum atomic E-state index is 0.407. The first kappa shape index (κ1) is 4.47. The fourth-order valence-corrected chi connectivity index (χ4v) is 0.829. The number of nitrogens with one attached hydrogen (secondary N) is 2. The monoisotopic (exact) mass is 114 g/mol. The van der Waals surface area contributed by atoms with Gasteiger partial charge < -0.3 is 0 Å². The van der Waals surface area contributed by atoms with E-state index < -0.39 is 0 Å². The van der Waals surface area contributed by atoms with Gasteiger partial charge in [-0.1, -0.05) is 0 Å².